The van der Waals surface area contributed by atoms with Gasteiger partial charge in [0.15, 0.2) is 0 Å². The Morgan fingerprint density at radius 1 is 1.20 bits per heavy atom. The first kappa shape index (κ1) is 43.8. The fourth-order valence-corrected chi connectivity index (χ4v) is 9.40. The number of hydrogen-bond donors (Lipinski definition) is 1. The third kappa shape index (κ3) is 10.1. The van der Waals surface area contributed by atoms with Gasteiger partial charge in [-0.05, 0) is 56.6 Å². The summed E-state index contributed by atoms with van der Waals surface area (Å²) in [5, 5.41) is 12.6. The number of amides is 2. The Balaban J connectivity index is 1.71. The molecule has 54 heavy (non-hydrogen) atoms. The van der Waals surface area contributed by atoms with Gasteiger partial charge in [-0.2, -0.15) is 11.8 Å². The third-order valence-corrected chi connectivity index (χ3v) is 12.7. The number of epoxide rings is 1. The van der Waals surface area contributed by atoms with E-state index in [0.717, 1.165) is 16.7 Å². The minimum absolute atomic E-state index is 0.0759. The van der Waals surface area contributed by atoms with Crippen molar-refractivity contribution in [1.82, 2.24) is 4.90 Å². The number of carbonyl (C=O) groups is 4. The Morgan fingerprint density at radius 2 is 1.87 bits per heavy atom. The van der Waals surface area contributed by atoms with Gasteiger partial charge in [-0.25, -0.2) is 4.79 Å². The molecule has 3 heterocycles. The van der Waals surface area contributed by atoms with Crippen molar-refractivity contribution in [2.45, 2.75) is 146 Å². The Hall–Kier alpha value is -2.90. The van der Waals surface area contributed by atoms with Crippen molar-refractivity contribution in [3.63, 3.8) is 0 Å². The number of benzene rings is 1. The Kier molecular flexibility index (Phi) is 13.9. The summed E-state index contributed by atoms with van der Waals surface area (Å²) in [6.45, 7) is 17.2. The first-order chi connectivity index (χ1) is 25.0. The van der Waals surface area contributed by atoms with Gasteiger partial charge in [0.05, 0.1) is 29.7 Å². The fraction of sp³-hybridized carbons (Fsp3) is 0.659. The van der Waals surface area contributed by atoms with E-state index in [9.17, 15) is 24.3 Å². The average Bonchev–Trinajstić information content (AvgIpc) is 3.76. The number of aryl methyl sites for hydroxylation is 1. The quantitative estimate of drug-likeness (QED) is 0.234. The van der Waals surface area contributed by atoms with Crippen LogP contribution >= 0.6 is 23.4 Å². The lowest BCUT2D eigenvalue weighted by Crippen LogP contribution is -2.53. The van der Waals surface area contributed by atoms with Gasteiger partial charge >= 0.3 is 11.9 Å². The van der Waals surface area contributed by atoms with Gasteiger partial charge in [0, 0.05) is 44.7 Å². The molecule has 13 heteroatoms. The molecule has 2 saturated heterocycles. The second kappa shape index (κ2) is 17.1. The van der Waals surface area contributed by atoms with E-state index in [1.165, 1.54) is 16.9 Å². The van der Waals surface area contributed by atoms with Gasteiger partial charge in [0.2, 0.25) is 11.8 Å². The topological polar surface area (TPSA) is 135 Å². The van der Waals surface area contributed by atoms with Gasteiger partial charge in [-0.3, -0.25) is 14.4 Å². The van der Waals surface area contributed by atoms with Crippen LogP contribution in [0.5, 0.6) is 0 Å². The molecule has 0 saturated carbocycles. The SMILES string of the molecule is CO[C@@H]1/C=C/C=C(\C)Cc2cc(C)c(Cl)c(c2)N(C)C(=O)C[C@H](OC(=O)[C@H](C)N(C)C(=O)CC(C)(C)SC(C)C)[C@]2(C)O[C@H]2[C@H](C)[C@@H]2C[C@@]1(O)CC(=O)O2. The molecule has 1 aromatic carbocycles. The van der Waals surface area contributed by atoms with E-state index < -0.39 is 59.5 Å². The van der Waals surface area contributed by atoms with Crippen LogP contribution in [0.2, 0.25) is 5.02 Å². The molecule has 0 spiro atoms. The van der Waals surface area contributed by atoms with E-state index in [4.69, 9.17) is 30.5 Å². The van der Waals surface area contributed by atoms with Crippen LogP contribution in [-0.4, -0.2) is 107 Å². The van der Waals surface area contributed by atoms with Crippen LogP contribution in [0.15, 0.2) is 35.9 Å². The Morgan fingerprint density at radius 3 is 2.50 bits per heavy atom. The summed E-state index contributed by atoms with van der Waals surface area (Å²) < 4.78 is 23.6. The number of allylic oxidation sites excluding steroid dienone is 3. The molecule has 3 aliphatic heterocycles. The van der Waals surface area contributed by atoms with Crippen LogP contribution in [0, 0.1) is 12.8 Å². The molecular weight excluding hydrogens is 732 g/mol. The van der Waals surface area contributed by atoms with E-state index in [0.29, 0.717) is 22.4 Å². The number of hydrogen-bond acceptors (Lipinski definition) is 10. The molecule has 300 valence electrons. The van der Waals surface area contributed by atoms with Crippen molar-refractivity contribution in [2.75, 3.05) is 26.1 Å². The van der Waals surface area contributed by atoms with Crippen molar-refractivity contribution < 1.29 is 43.2 Å². The third-order valence-electron chi connectivity index (χ3n) is 10.9. The molecule has 4 bridgehead atoms. The number of ether oxygens (including phenoxy) is 4. The number of methoxy groups -OCH3 is 1. The van der Waals surface area contributed by atoms with Crippen LogP contribution in [-0.2, 0) is 44.5 Å². The molecule has 2 amide bonds. The Labute approximate surface area is 330 Å². The zero-order valence-corrected chi connectivity index (χ0v) is 35.4. The molecule has 11 nitrogen and oxygen atoms in total. The molecule has 1 N–H and O–H groups in total. The first-order valence-electron chi connectivity index (χ1n) is 18.7. The van der Waals surface area contributed by atoms with Gasteiger partial charge in [0.1, 0.15) is 35.6 Å². The maximum atomic E-state index is 14.2. The number of esters is 2. The van der Waals surface area contributed by atoms with E-state index >= 15 is 0 Å². The van der Waals surface area contributed by atoms with E-state index in [1.54, 1.807) is 45.8 Å². The summed E-state index contributed by atoms with van der Waals surface area (Å²) in [6.07, 6.45) is 2.53. The molecule has 3 aliphatic rings. The standard InChI is InChI=1S/C41H59ClN2O9S/c1-23(2)54-39(7,8)21-34(46)43(10)27(6)38(48)52-32-19-33(45)44(11)29-18-28(17-25(4)36(29)42)16-24(3)14-13-15-31(50-12)41(49)20-30(51-35(47)22-41)26(5)37-40(32,9)53-37/h13-15,17-18,23,26-27,30-32,37,49H,16,19-22H2,1-12H3/b15-13+,24-14+/t26-,27+,30+,31-,32+,37+,40+,41-/m1/s1. The number of halogens is 1. The highest BCUT2D eigenvalue weighted by Gasteiger charge is 2.64. The van der Waals surface area contributed by atoms with Crippen molar-refractivity contribution in [1.29, 1.82) is 0 Å². The van der Waals surface area contributed by atoms with Crippen LogP contribution in [0.25, 0.3) is 0 Å². The second-order valence-electron chi connectivity index (χ2n) is 16.4. The number of likely N-dealkylation sites (N-methyl/N-ethyl adjacent to an activating group) is 1. The van der Waals surface area contributed by atoms with E-state index in [-0.39, 0.29) is 42.2 Å². The number of rotatable bonds is 8. The van der Waals surface area contributed by atoms with Crippen molar-refractivity contribution in [3.05, 3.63) is 52.1 Å². The summed E-state index contributed by atoms with van der Waals surface area (Å²) in [7, 11) is 4.69. The van der Waals surface area contributed by atoms with Gasteiger partial charge in [-0.15, -0.1) is 0 Å². The minimum atomic E-state index is -1.56. The lowest BCUT2D eigenvalue weighted by atomic mass is 9.78. The molecule has 0 aromatic heterocycles. The van der Waals surface area contributed by atoms with Crippen molar-refractivity contribution in [3.8, 4) is 0 Å². The van der Waals surface area contributed by atoms with E-state index in [1.807, 2.05) is 58.9 Å². The lowest BCUT2D eigenvalue weighted by Gasteiger charge is -2.41. The van der Waals surface area contributed by atoms with Crippen molar-refractivity contribution >= 4 is 52.8 Å². The monoisotopic (exact) mass is 790 g/mol. The highest BCUT2D eigenvalue weighted by atomic mass is 35.5. The molecule has 0 aliphatic carbocycles. The largest absolute Gasteiger partial charge is 0.462 e. The molecule has 2 fully saturated rings. The van der Waals surface area contributed by atoms with Crippen LogP contribution in [0.4, 0.5) is 5.69 Å². The number of aliphatic hydroxyl groups is 1. The molecule has 0 unspecified atom stereocenters. The normalized spacial score (nSPS) is 31.5. The number of nitrogens with zero attached hydrogens (tertiary/aromatic N) is 2. The predicted molar refractivity (Wildman–Crippen MR) is 212 cm³/mol. The zero-order chi connectivity index (χ0) is 40.5. The molecule has 4 rings (SSSR count). The second-order valence-corrected chi connectivity index (χ2v) is 19.1. The van der Waals surface area contributed by atoms with Gasteiger partial charge in [-0.1, -0.05) is 76.1 Å². The number of fused-ring (bicyclic) bond motifs is 5. The summed E-state index contributed by atoms with van der Waals surface area (Å²) in [5.41, 5.74) is 0.506. The van der Waals surface area contributed by atoms with E-state index in [2.05, 4.69) is 13.8 Å². The smallest absolute Gasteiger partial charge is 0.328 e. The summed E-state index contributed by atoms with van der Waals surface area (Å²) in [4.78, 5) is 57.3. The van der Waals surface area contributed by atoms with Crippen molar-refractivity contribution in [2.24, 2.45) is 5.92 Å². The highest BCUT2D eigenvalue weighted by Crippen LogP contribution is 2.50. The lowest BCUT2D eigenvalue weighted by molar-refractivity contribution is -0.187. The zero-order valence-electron chi connectivity index (χ0n) is 33.9. The van der Waals surface area contributed by atoms with Gasteiger partial charge < -0.3 is 33.9 Å². The number of carbonyl (C=O) groups excluding carboxylic acids is 4. The van der Waals surface area contributed by atoms with Crippen LogP contribution in [0.1, 0.15) is 92.2 Å². The summed E-state index contributed by atoms with van der Waals surface area (Å²) in [5.74, 6) is -2.30. The number of thioether (sulfide) groups is 1. The molecule has 8 atom stereocenters. The minimum Gasteiger partial charge on any atom is -0.462 e. The Bertz CT molecular complexity index is 1660. The molecule has 1 aromatic rings. The maximum absolute atomic E-state index is 14.2. The maximum Gasteiger partial charge on any atom is 0.328 e. The first-order valence-corrected chi connectivity index (χ1v) is 19.9. The predicted octanol–water partition coefficient (Wildman–Crippen LogP) is 6.37. The van der Waals surface area contributed by atoms with Crippen LogP contribution < -0.4 is 4.90 Å². The fourth-order valence-electron chi connectivity index (χ4n) is 7.68. The average molecular weight is 791 g/mol. The number of anilines is 1. The molecular formula is C41H59ClN2O9S. The highest BCUT2D eigenvalue weighted by molar-refractivity contribution is 8.01. The summed E-state index contributed by atoms with van der Waals surface area (Å²) >= 11 is 8.48. The van der Waals surface area contributed by atoms with Crippen LogP contribution in [0.3, 0.4) is 0 Å². The van der Waals surface area contributed by atoms with Gasteiger partial charge in [0.25, 0.3) is 0 Å². The molecule has 0 radical (unpaired) electrons. The summed E-state index contributed by atoms with van der Waals surface area (Å²) in [6, 6.07) is 2.89.